The molecule has 1 atom stereocenters. The van der Waals surface area contributed by atoms with E-state index in [4.69, 9.17) is 8.83 Å². The van der Waals surface area contributed by atoms with E-state index >= 15 is 0 Å². The highest BCUT2D eigenvalue weighted by molar-refractivity contribution is 5.55. The minimum atomic E-state index is -0.0466. The van der Waals surface area contributed by atoms with Gasteiger partial charge in [0.25, 0.3) is 0 Å². The van der Waals surface area contributed by atoms with Crippen LogP contribution in [-0.4, -0.2) is 15.2 Å². The van der Waals surface area contributed by atoms with E-state index in [0.29, 0.717) is 24.2 Å². The molecular weight excluding hydrogens is 268 g/mol. The first kappa shape index (κ1) is 13.5. The van der Waals surface area contributed by atoms with Gasteiger partial charge < -0.3 is 8.83 Å². The van der Waals surface area contributed by atoms with E-state index in [2.05, 4.69) is 20.5 Å². The molecule has 0 amide bonds. The largest absolute Gasteiger partial charge is 0.439 e. The van der Waals surface area contributed by atoms with Crippen molar-refractivity contribution in [2.24, 2.45) is 0 Å². The van der Waals surface area contributed by atoms with Crippen molar-refractivity contribution in [2.45, 2.75) is 26.4 Å². The van der Waals surface area contributed by atoms with E-state index in [0.717, 1.165) is 11.3 Å². The Bertz CT molecular complexity index is 705. The summed E-state index contributed by atoms with van der Waals surface area (Å²) >= 11 is 0. The average molecular weight is 284 g/mol. The van der Waals surface area contributed by atoms with Crippen LogP contribution in [0, 0.1) is 6.92 Å². The Labute approximate surface area is 122 Å². The third kappa shape index (κ3) is 3.17. The van der Waals surface area contributed by atoms with Crippen molar-refractivity contribution in [3.8, 4) is 11.3 Å². The maximum absolute atomic E-state index is 5.78. The predicted molar refractivity (Wildman–Crippen MR) is 76.2 cm³/mol. The SMILES string of the molecule is Cc1nnc(CNC(C)c2ncc(-c3ccccc3)o2)o1. The van der Waals surface area contributed by atoms with Gasteiger partial charge in [0, 0.05) is 12.5 Å². The highest BCUT2D eigenvalue weighted by Crippen LogP contribution is 2.22. The van der Waals surface area contributed by atoms with Crippen LogP contribution < -0.4 is 5.32 Å². The first-order chi connectivity index (χ1) is 10.2. The summed E-state index contributed by atoms with van der Waals surface area (Å²) in [7, 11) is 0. The van der Waals surface area contributed by atoms with Crippen LogP contribution in [0.4, 0.5) is 0 Å². The molecule has 0 saturated carbocycles. The Balaban J connectivity index is 1.65. The van der Waals surface area contributed by atoms with E-state index < -0.39 is 0 Å². The lowest BCUT2D eigenvalue weighted by atomic mass is 10.2. The first-order valence-corrected chi connectivity index (χ1v) is 6.76. The zero-order valence-electron chi connectivity index (χ0n) is 11.9. The summed E-state index contributed by atoms with van der Waals surface area (Å²) < 4.78 is 11.1. The number of rotatable bonds is 5. The maximum Gasteiger partial charge on any atom is 0.230 e. The summed E-state index contributed by atoms with van der Waals surface area (Å²) in [5.74, 6) is 2.49. The van der Waals surface area contributed by atoms with Gasteiger partial charge in [-0.2, -0.15) is 0 Å². The standard InChI is InChI=1S/C15H16N4O2/c1-10(16-9-14-19-18-11(2)20-14)15-17-8-13(21-15)12-6-4-3-5-7-12/h3-8,10,16H,9H2,1-2H3. The van der Waals surface area contributed by atoms with Crippen molar-refractivity contribution >= 4 is 0 Å². The van der Waals surface area contributed by atoms with Crippen LogP contribution >= 0.6 is 0 Å². The van der Waals surface area contributed by atoms with Gasteiger partial charge in [-0.1, -0.05) is 30.3 Å². The minimum Gasteiger partial charge on any atom is -0.439 e. The van der Waals surface area contributed by atoms with E-state index in [1.54, 1.807) is 13.1 Å². The maximum atomic E-state index is 5.78. The van der Waals surface area contributed by atoms with Crippen molar-refractivity contribution in [1.82, 2.24) is 20.5 Å². The monoisotopic (exact) mass is 284 g/mol. The Morgan fingerprint density at radius 3 is 2.67 bits per heavy atom. The molecule has 108 valence electrons. The summed E-state index contributed by atoms with van der Waals surface area (Å²) in [5, 5.41) is 11.0. The molecule has 0 aliphatic rings. The van der Waals surface area contributed by atoms with Gasteiger partial charge in [-0.25, -0.2) is 4.98 Å². The van der Waals surface area contributed by atoms with Crippen LogP contribution in [-0.2, 0) is 6.54 Å². The molecule has 0 radical (unpaired) electrons. The molecule has 1 aromatic carbocycles. The molecule has 0 spiro atoms. The van der Waals surface area contributed by atoms with Gasteiger partial charge in [0.1, 0.15) is 0 Å². The lowest BCUT2D eigenvalue weighted by Gasteiger charge is -2.07. The van der Waals surface area contributed by atoms with Gasteiger partial charge in [0.2, 0.25) is 17.7 Å². The number of benzene rings is 1. The zero-order chi connectivity index (χ0) is 14.7. The second-order valence-electron chi connectivity index (χ2n) is 4.75. The number of nitrogens with zero attached hydrogens (tertiary/aromatic N) is 3. The molecule has 0 bridgehead atoms. The fourth-order valence-electron chi connectivity index (χ4n) is 1.96. The van der Waals surface area contributed by atoms with Gasteiger partial charge in [-0.15, -0.1) is 10.2 Å². The number of nitrogens with one attached hydrogen (secondary N) is 1. The number of aromatic nitrogens is 3. The van der Waals surface area contributed by atoms with Crippen LogP contribution in [0.1, 0.15) is 30.6 Å². The summed E-state index contributed by atoms with van der Waals surface area (Å²) in [4.78, 5) is 4.31. The van der Waals surface area contributed by atoms with Crippen molar-refractivity contribution in [3.05, 3.63) is 54.2 Å². The van der Waals surface area contributed by atoms with E-state index in [-0.39, 0.29) is 6.04 Å². The highest BCUT2D eigenvalue weighted by Gasteiger charge is 2.14. The summed E-state index contributed by atoms with van der Waals surface area (Å²) in [6.45, 7) is 4.22. The molecule has 21 heavy (non-hydrogen) atoms. The quantitative estimate of drug-likeness (QED) is 0.776. The molecule has 2 heterocycles. The molecule has 2 aromatic heterocycles. The van der Waals surface area contributed by atoms with Gasteiger partial charge in [-0.05, 0) is 6.92 Å². The third-order valence-electron chi connectivity index (χ3n) is 3.08. The third-order valence-corrected chi connectivity index (χ3v) is 3.08. The molecule has 1 N–H and O–H groups in total. The van der Waals surface area contributed by atoms with Crippen LogP contribution in [0.25, 0.3) is 11.3 Å². The number of hydrogen-bond donors (Lipinski definition) is 1. The Morgan fingerprint density at radius 1 is 1.14 bits per heavy atom. The van der Waals surface area contributed by atoms with Crippen molar-refractivity contribution < 1.29 is 8.83 Å². The Kier molecular flexibility index (Phi) is 3.79. The lowest BCUT2D eigenvalue weighted by molar-refractivity contribution is 0.389. The molecule has 0 saturated heterocycles. The van der Waals surface area contributed by atoms with Crippen LogP contribution in [0.3, 0.4) is 0 Å². The van der Waals surface area contributed by atoms with Gasteiger partial charge >= 0.3 is 0 Å². The number of hydrogen-bond acceptors (Lipinski definition) is 6. The van der Waals surface area contributed by atoms with E-state index in [1.807, 2.05) is 37.3 Å². The zero-order valence-corrected chi connectivity index (χ0v) is 11.9. The lowest BCUT2D eigenvalue weighted by Crippen LogP contribution is -2.18. The van der Waals surface area contributed by atoms with Crippen molar-refractivity contribution in [2.75, 3.05) is 0 Å². The molecule has 6 heteroatoms. The van der Waals surface area contributed by atoms with E-state index in [9.17, 15) is 0 Å². The number of aryl methyl sites for hydroxylation is 1. The molecule has 0 aliphatic carbocycles. The van der Waals surface area contributed by atoms with Crippen molar-refractivity contribution in [1.29, 1.82) is 0 Å². The summed E-state index contributed by atoms with van der Waals surface area (Å²) in [6, 6.07) is 9.84. The minimum absolute atomic E-state index is 0.0466. The summed E-state index contributed by atoms with van der Waals surface area (Å²) in [6.07, 6.45) is 1.74. The van der Waals surface area contributed by atoms with E-state index in [1.165, 1.54) is 0 Å². The molecule has 3 rings (SSSR count). The molecule has 3 aromatic rings. The fourth-order valence-corrected chi connectivity index (χ4v) is 1.96. The van der Waals surface area contributed by atoms with Gasteiger partial charge in [0.15, 0.2) is 5.76 Å². The van der Waals surface area contributed by atoms with Gasteiger partial charge in [0.05, 0.1) is 18.8 Å². The van der Waals surface area contributed by atoms with Crippen LogP contribution in [0.2, 0.25) is 0 Å². The second-order valence-corrected chi connectivity index (χ2v) is 4.75. The molecule has 1 unspecified atom stereocenters. The first-order valence-electron chi connectivity index (χ1n) is 6.76. The highest BCUT2D eigenvalue weighted by atomic mass is 16.4. The Hall–Kier alpha value is -2.47. The summed E-state index contributed by atoms with van der Waals surface area (Å²) in [5.41, 5.74) is 1.01. The molecular formula is C15H16N4O2. The van der Waals surface area contributed by atoms with Crippen LogP contribution in [0.5, 0.6) is 0 Å². The van der Waals surface area contributed by atoms with Crippen molar-refractivity contribution in [3.63, 3.8) is 0 Å². The normalized spacial score (nSPS) is 12.5. The smallest absolute Gasteiger partial charge is 0.230 e. The second kappa shape index (κ2) is 5.88. The molecule has 0 aliphatic heterocycles. The number of oxazole rings is 1. The Morgan fingerprint density at radius 2 is 1.95 bits per heavy atom. The van der Waals surface area contributed by atoms with Gasteiger partial charge in [-0.3, -0.25) is 5.32 Å². The predicted octanol–water partition coefficient (Wildman–Crippen LogP) is 2.88. The van der Waals surface area contributed by atoms with Crippen LogP contribution in [0.15, 0.2) is 45.4 Å². The molecule has 0 fully saturated rings. The molecule has 6 nitrogen and oxygen atoms in total. The topological polar surface area (TPSA) is 77.0 Å². The fraction of sp³-hybridized carbons (Fsp3) is 0.267. The average Bonchev–Trinajstić information content (AvgIpc) is 3.15.